The number of benzene rings is 3. The van der Waals surface area contributed by atoms with E-state index in [2.05, 4.69) is 36.4 Å². The molecule has 0 radical (unpaired) electrons. The van der Waals surface area contributed by atoms with Gasteiger partial charge < -0.3 is 9.84 Å². The van der Waals surface area contributed by atoms with Crippen molar-refractivity contribution in [2.75, 3.05) is 0 Å². The second-order valence-corrected chi connectivity index (χ2v) is 11.9. The first kappa shape index (κ1) is 38.7. The Kier molecular flexibility index (Phi) is 14.2. The van der Waals surface area contributed by atoms with Crippen molar-refractivity contribution >= 4 is 20.2 Å². The fourth-order valence-corrected chi connectivity index (χ4v) is 5.42. The summed E-state index contributed by atoms with van der Waals surface area (Å²) in [5.41, 5.74) is -8.64. The first-order valence-corrected chi connectivity index (χ1v) is 16.2. The predicted octanol–water partition coefficient (Wildman–Crippen LogP) is 8.20. The topological polar surface area (TPSA) is 107 Å². The summed E-state index contributed by atoms with van der Waals surface area (Å²) in [5, 5.41) is 9.56. The number of ether oxygens (including phenoxy) is 1. The lowest BCUT2D eigenvalue weighted by molar-refractivity contribution is -0.0585. The van der Waals surface area contributed by atoms with Crippen LogP contribution in [0.1, 0.15) is 63.6 Å². The van der Waals surface area contributed by atoms with E-state index in [9.17, 15) is 48.3 Å². The third-order valence-corrected chi connectivity index (χ3v) is 8.60. The van der Waals surface area contributed by atoms with Crippen LogP contribution in [0, 0.1) is 0 Å². The number of rotatable bonds is 7. The number of aromatic hydroxyl groups is 1. The lowest BCUT2D eigenvalue weighted by Gasteiger charge is -2.43. The van der Waals surface area contributed by atoms with Gasteiger partial charge in [-0.2, -0.15) is 43.2 Å². The molecule has 4 rings (SSSR count). The zero-order valence-electron chi connectivity index (χ0n) is 24.3. The van der Waals surface area contributed by atoms with Crippen molar-refractivity contribution in [3.8, 4) is 11.5 Å². The zero-order chi connectivity index (χ0) is 33.8. The van der Waals surface area contributed by atoms with Crippen LogP contribution in [-0.4, -0.2) is 33.0 Å². The molecule has 246 valence electrons. The molecular formula is C29H34F6O7S2. The van der Waals surface area contributed by atoms with Gasteiger partial charge in [0.2, 0.25) is 0 Å². The van der Waals surface area contributed by atoms with E-state index in [0.29, 0.717) is 12.4 Å². The van der Waals surface area contributed by atoms with Crippen LogP contribution in [0.3, 0.4) is 0 Å². The van der Waals surface area contributed by atoms with Crippen LogP contribution >= 0.6 is 0 Å². The Labute approximate surface area is 253 Å². The van der Waals surface area contributed by atoms with Gasteiger partial charge in [-0.25, -0.2) is 0 Å². The summed E-state index contributed by atoms with van der Waals surface area (Å²) < 4.78 is 116. The first-order chi connectivity index (χ1) is 20.5. The van der Waals surface area contributed by atoms with Crippen LogP contribution in [0.4, 0.5) is 26.3 Å². The van der Waals surface area contributed by atoms with Crippen molar-refractivity contribution < 1.29 is 56.7 Å². The molecule has 0 unspecified atom stereocenters. The minimum atomic E-state index is -6.85. The Morgan fingerprint density at radius 3 is 1.45 bits per heavy atom. The maximum atomic E-state index is 11.4. The average Bonchev–Trinajstić information content (AvgIpc) is 2.94. The molecule has 1 fully saturated rings. The van der Waals surface area contributed by atoms with E-state index < -0.39 is 31.3 Å². The highest BCUT2D eigenvalue weighted by Gasteiger charge is 2.57. The minimum Gasteiger partial charge on any atom is -0.508 e. The fourth-order valence-electron chi connectivity index (χ4n) is 3.86. The van der Waals surface area contributed by atoms with Gasteiger partial charge in [-0.05, 0) is 53.8 Å². The van der Waals surface area contributed by atoms with Gasteiger partial charge in [0, 0.05) is 5.41 Å². The SMILES string of the molecule is CC.CC.O=S(=O)(OS(=O)(=O)C(F)(F)F)C(F)(F)F.Oc1ccc(C2(c3ccc(OCc4ccccc4)cc3)CCC2)cc1. The van der Waals surface area contributed by atoms with Crippen LogP contribution in [0.15, 0.2) is 78.9 Å². The Balaban J connectivity index is 0.000000441. The summed E-state index contributed by atoms with van der Waals surface area (Å²) in [6.45, 7) is 8.59. The Hall–Kier alpha value is -3.30. The number of hydrogen-bond acceptors (Lipinski definition) is 7. The van der Waals surface area contributed by atoms with Gasteiger partial charge >= 0.3 is 31.3 Å². The molecule has 0 saturated heterocycles. The highest BCUT2D eigenvalue weighted by atomic mass is 32.3. The molecule has 0 amide bonds. The lowest BCUT2D eigenvalue weighted by atomic mass is 9.60. The van der Waals surface area contributed by atoms with Crippen LogP contribution < -0.4 is 4.74 Å². The van der Waals surface area contributed by atoms with Crippen molar-refractivity contribution in [1.29, 1.82) is 0 Å². The van der Waals surface area contributed by atoms with E-state index in [-0.39, 0.29) is 5.41 Å². The molecule has 0 aliphatic heterocycles. The maximum Gasteiger partial charge on any atom is 0.524 e. The molecule has 0 spiro atoms. The summed E-state index contributed by atoms with van der Waals surface area (Å²) in [6, 6.07) is 26.4. The smallest absolute Gasteiger partial charge is 0.508 e. The van der Waals surface area contributed by atoms with Crippen molar-refractivity contribution in [3.63, 3.8) is 0 Å². The highest BCUT2D eigenvalue weighted by molar-refractivity contribution is 8.00. The molecule has 0 bridgehead atoms. The normalized spacial score (nSPS) is 14.2. The van der Waals surface area contributed by atoms with Gasteiger partial charge in [0.25, 0.3) is 0 Å². The monoisotopic (exact) mass is 672 g/mol. The molecule has 1 saturated carbocycles. The lowest BCUT2D eigenvalue weighted by Crippen LogP contribution is -2.35. The van der Waals surface area contributed by atoms with Crippen LogP contribution in [0.25, 0.3) is 0 Å². The van der Waals surface area contributed by atoms with Gasteiger partial charge in [0.05, 0.1) is 0 Å². The van der Waals surface area contributed by atoms with Crippen molar-refractivity contribution in [3.05, 3.63) is 95.6 Å². The van der Waals surface area contributed by atoms with Crippen LogP contribution in [0.5, 0.6) is 11.5 Å². The van der Waals surface area contributed by atoms with Gasteiger partial charge in [-0.1, -0.05) is 88.7 Å². The van der Waals surface area contributed by atoms with Crippen molar-refractivity contribution in [1.82, 2.24) is 0 Å². The largest absolute Gasteiger partial charge is 0.524 e. The summed E-state index contributed by atoms with van der Waals surface area (Å²) >= 11 is 0. The Morgan fingerprint density at radius 1 is 0.682 bits per heavy atom. The van der Waals surface area contributed by atoms with Crippen LogP contribution in [0.2, 0.25) is 0 Å². The molecular weight excluding hydrogens is 638 g/mol. The highest BCUT2D eigenvalue weighted by Crippen LogP contribution is 2.49. The van der Waals surface area contributed by atoms with Gasteiger partial charge in [-0.3, -0.25) is 0 Å². The van der Waals surface area contributed by atoms with Gasteiger partial charge in [-0.15, -0.1) is 3.63 Å². The summed E-state index contributed by atoms with van der Waals surface area (Å²) in [5.74, 6) is 1.22. The van der Waals surface area contributed by atoms with Crippen molar-refractivity contribution in [2.24, 2.45) is 0 Å². The molecule has 0 atom stereocenters. The van der Waals surface area contributed by atoms with E-state index in [4.69, 9.17) is 4.74 Å². The standard InChI is InChI=1S/C23H22O2.C2F6O5S2.2C2H6/c24-21-11-7-19(8-12-21)23(15-4-16-23)20-9-13-22(14-10-20)25-17-18-5-2-1-3-6-18;3-1(4,5)14(9,10)13-15(11,12)2(6,7)8;2*1-2/h1-3,5-14,24H,4,15-17H2;;2*1-2H3. The molecule has 0 aromatic heterocycles. The van der Waals surface area contributed by atoms with Gasteiger partial charge in [0.1, 0.15) is 18.1 Å². The second kappa shape index (κ2) is 16.1. The molecule has 1 N–H and O–H groups in total. The second-order valence-electron chi connectivity index (χ2n) is 8.65. The van der Waals surface area contributed by atoms with Gasteiger partial charge in [0.15, 0.2) is 0 Å². The fraction of sp³-hybridized carbons (Fsp3) is 0.379. The summed E-state index contributed by atoms with van der Waals surface area (Å²) in [6.07, 6.45) is 3.55. The molecule has 1 aliphatic carbocycles. The molecule has 7 nitrogen and oxygen atoms in total. The number of hydrogen-bond donors (Lipinski definition) is 1. The zero-order valence-corrected chi connectivity index (χ0v) is 25.9. The molecule has 1 aliphatic rings. The third-order valence-electron chi connectivity index (χ3n) is 6.03. The molecule has 15 heteroatoms. The Bertz CT molecular complexity index is 1440. The quantitative estimate of drug-likeness (QED) is 0.199. The molecule has 3 aromatic carbocycles. The number of halogens is 6. The molecule has 44 heavy (non-hydrogen) atoms. The van der Waals surface area contributed by atoms with E-state index >= 15 is 0 Å². The Morgan fingerprint density at radius 2 is 1.09 bits per heavy atom. The molecule has 0 heterocycles. The summed E-state index contributed by atoms with van der Waals surface area (Å²) in [4.78, 5) is 0. The van der Waals surface area contributed by atoms with Crippen LogP contribution in [-0.2, 0) is 35.9 Å². The average molecular weight is 673 g/mol. The minimum absolute atomic E-state index is 0.0889. The third kappa shape index (κ3) is 10.1. The first-order valence-electron chi connectivity index (χ1n) is 13.4. The van der Waals surface area contributed by atoms with Crippen molar-refractivity contribution in [2.45, 2.75) is 70.0 Å². The number of phenolic OH excluding ortho intramolecular Hbond substituents is 1. The molecule has 3 aromatic rings. The number of alkyl halides is 6. The number of phenols is 1. The maximum absolute atomic E-state index is 11.4. The van der Waals surface area contributed by atoms with E-state index in [1.807, 2.05) is 61.7 Å². The van der Waals surface area contributed by atoms with E-state index in [1.165, 1.54) is 23.1 Å². The van der Waals surface area contributed by atoms with E-state index in [1.54, 1.807) is 12.1 Å². The van der Waals surface area contributed by atoms with E-state index in [0.717, 1.165) is 18.6 Å². The predicted molar refractivity (Wildman–Crippen MR) is 154 cm³/mol. The summed E-state index contributed by atoms with van der Waals surface area (Å²) in [7, 11) is -13.7.